The van der Waals surface area contributed by atoms with Crippen LogP contribution in [0.5, 0.6) is 11.5 Å². The number of ether oxygens (including phenoxy) is 2. The van der Waals surface area contributed by atoms with Crippen LogP contribution in [-0.4, -0.2) is 46.7 Å². The molecular weight excluding hydrogens is 500 g/mol. The molecule has 1 aromatic heterocycles. The standard InChI is InChI=1S/C29H34N4O4S/c1-17(2)30-23(34)14-32-24(35)15-38-26(19-10-11-21-22(13-19)37-16-36-21)25-27(29(4,5)6)31-33(28(25)32)20-9-7-8-18(3)12-20/h7-13,17,26H,14-16H2,1-6H3,(H,30,34). The highest BCUT2D eigenvalue weighted by Crippen LogP contribution is 2.49. The van der Waals surface area contributed by atoms with Crippen molar-refractivity contribution in [2.75, 3.05) is 24.0 Å². The molecule has 1 unspecified atom stereocenters. The summed E-state index contributed by atoms with van der Waals surface area (Å²) in [5.41, 5.74) is 4.41. The number of thioether (sulfide) groups is 1. The van der Waals surface area contributed by atoms with Crippen molar-refractivity contribution in [3.8, 4) is 17.2 Å². The second kappa shape index (κ2) is 10.0. The van der Waals surface area contributed by atoms with E-state index in [1.807, 2.05) is 67.9 Å². The summed E-state index contributed by atoms with van der Waals surface area (Å²) in [7, 11) is 0. The highest BCUT2D eigenvalue weighted by atomic mass is 32.2. The molecular formula is C29H34N4O4S. The van der Waals surface area contributed by atoms with Crippen molar-refractivity contribution in [1.29, 1.82) is 0 Å². The number of carbonyl (C=O) groups excluding carboxylic acids is 2. The number of anilines is 1. The Bertz CT molecular complexity index is 1390. The zero-order valence-electron chi connectivity index (χ0n) is 22.7. The minimum absolute atomic E-state index is 0.0355. The third kappa shape index (κ3) is 4.99. The molecule has 2 aliphatic heterocycles. The first-order valence-corrected chi connectivity index (χ1v) is 13.9. The second-order valence-corrected chi connectivity index (χ2v) is 12.2. The molecule has 0 saturated carbocycles. The molecule has 0 bridgehead atoms. The molecule has 9 heteroatoms. The summed E-state index contributed by atoms with van der Waals surface area (Å²) < 4.78 is 13.1. The zero-order chi connectivity index (χ0) is 27.2. The van der Waals surface area contributed by atoms with Crippen molar-refractivity contribution >= 4 is 29.4 Å². The van der Waals surface area contributed by atoms with Crippen LogP contribution in [0.1, 0.15) is 62.3 Å². The van der Waals surface area contributed by atoms with E-state index in [-0.39, 0.29) is 47.6 Å². The van der Waals surface area contributed by atoms with Crippen LogP contribution >= 0.6 is 11.8 Å². The minimum atomic E-state index is -0.326. The molecule has 38 heavy (non-hydrogen) atoms. The number of aryl methyl sites for hydroxylation is 1. The van der Waals surface area contributed by atoms with Crippen LogP contribution in [0.15, 0.2) is 42.5 Å². The molecule has 0 spiro atoms. The quantitative estimate of drug-likeness (QED) is 0.501. The lowest BCUT2D eigenvalue weighted by Crippen LogP contribution is -2.44. The fraction of sp³-hybridized carbons (Fsp3) is 0.414. The van der Waals surface area contributed by atoms with Gasteiger partial charge in [0.15, 0.2) is 11.5 Å². The van der Waals surface area contributed by atoms with Crippen molar-refractivity contribution in [2.45, 2.75) is 58.2 Å². The first kappa shape index (κ1) is 26.2. The number of rotatable bonds is 5. The predicted octanol–water partition coefficient (Wildman–Crippen LogP) is 4.90. The summed E-state index contributed by atoms with van der Waals surface area (Å²) in [4.78, 5) is 28.3. The van der Waals surface area contributed by atoms with Crippen molar-refractivity contribution in [3.63, 3.8) is 0 Å². The predicted molar refractivity (Wildman–Crippen MR) is 149 cm³/mol. The van der Waals surface area contributed by atoms with Gasteiger partial charge in [-0.05, 0) is 56.2 Å². The van der Waals surface area contributed by atoms with Gasteiger partial charge >= 0.3 is 0 Å². The molecule has 3 heterocycles. The lowest BCUT2D eigenvalue weighted by Gasteiger charge is -2.25. The lowest BCUT2D eigenvalue weighted by molar-refractivity contribution is -0.123. The number of nitrogens with zero attached hydrogens (tertiary/aromatic N) is 3. The number of aromatic nitrogens is 2. The Morgan fingerprint density at radius 1 is 1.16 bits per heavy atom. The van der Waals surface area contributed by atoms with E-state index in [2.05, 4.69) is 26.1 Å². The molecule has 5 rings (SSSR count). The maximum atomic E-state index is 13.7. The van der Waals surface area contributed by atoms with Gasteiger partial charge in [0, 0.05) is 17.0 Å². The van der Waals surface area contributed by atoms with Gasteiger partial charge in [0.05, 0.1) is 22.4 Å². The first-order valence-electron chi connectivity index (χ1n) is 12.8. The summed E-state index contributed by atoms with van der Waals surface area (Å²) in [6.07, 6.45) is 0. The number of amides is 2. The van der Waals surface area contributed by atoms with E-state index in [9.17, 15) is 9.59 Å². The third-order valence-electron chi connectivity index (χ3n) is 6.50. The van der Waals surface area contributed by atoms with Crippen LogP contribution in [-0.2, 0) is 15.0 Å². The monoisotopic (exact) mass is 534 g/mol. The number of benzene rings is 2. The number of nitrogens with one attached hydrogen (secondary N) is 1. The fourth-order valence-corrected chi connectivity index (χ4v) is 6.05. The molecule has 2 amide bonds. The second-order valence-electron chi connectivity index (χ2n) is 11.1. The molecule has 0 saturated heterocycles. The molecule has 0 aliphatic carbocycles. The van der Waals surface area contributed by atoms with Gasteiger partial charge in [-0.3, -0.25) is 14.5 Å². The first-order chi connectivity index (χ1) is 18.0. The van der Waals surface area contributed by atoms with E-state index in [1.165, 1.54) is 0 Å². The van der Waals surface area contributed by atoms with Gasteiger partial charge in [-0.15, -0.1) is 11.8 Å². The Labute approximate surface area is 227 Å². The van der Waals surface area contributed by atoms with E-state index >= 15 is 0 Å². The summed E-state index contributed by atoms with van der Waals surface area (Å²) in [5.74, 6) is 1.92. The smallest absolute Gasteiger partial charge is 0.240 e. The van der Waals surface area contributed by atoms with Crippen LogP contribution < -0.4 is 19.7 Å². The molecule has 1 atom stereocenters. The zero-order valence-corrected chi connectivity index (χ0v) is 23.5. The van der Waals surface area contributed by atoms with Crippen LogP contribution in [0.4, 0.5) is 5.82 Å². The molecule has 1 N–H and O–H groups in total. The van der Waals surface area contributed by atoms with Gasteiger partial charge in [0.2, 0.25) is 18.6 Å². The molecule has 8 nitrogen and oxygen atoms in total. The maximum Gasteiger partial charge on any atom is 0.240 e. The van der Waals surface area contributed by atoms with Crippen molar-refractivity contribution in [1.82, 2.24) is 15.1 Å². The number of hydrogen-bond acceptors (Lipinski definition) is 6. The highest BCUT2D eigenvalue weighted by molar-refractivity contribution is 8.00. The summed E-state index contributed by atoms with van der Waals surface area (Å²) >= 11 is 1.55. The van der Waals surface area contributed by atoms with E-state index in [0.717, 1.165) is 28.1 Å². The summed E-state index contributed by atoms with van der Waals surface area (Å²) in [6.45, 7) is 12.3. The SMILES string of the molecule is Cc1cccc(-n2nc(C(C)(C)C)c3c2N(CC(=O)NC(C)C)C(=O)CSC3c2ccc3c(c2)OCO3)c1. The molecule has 0 fully saturated rings. The third-order valence-corrected chi connectivity index (χ3v) is 7.75. The van der Waals surface area contributed by atoms with Gasteiger partial charge < -0.3 is 14.8 Å². The van der Waals surface area contributed by atoms with Gasteiger partial charge in [-0.2, -0.15) is 5.10 Å². The fourth-order valence-electron chi connectivity index (χ4n) is 4.86. The Morgan fingerprint density at radius 3 is 2.63 bits per heavy atom. The van der Waals surface area contributed by atoms with Crippen molar-refractivity contribution in [2.24, 2.45) is 0 Å². The molecule has 2 aromatic carbocycles. The van der Waals surface area contributed by atoms with Crippen LogP contribution in [0.25, 0.3) is 5.69 Å². The highest BCUT2D eigenvalue weighted by Gasteiger charge is 2.40. The lowest BCUT2D eigenvalue weighted by atomic mass is 9.87. The normalized spacial score (nSPS) is 17.0. The maximum absolute atomic E-state index is 13.7. The van der Waals surface area contributed by atoms with E-state index in [1.54, 1.807) is 16.7 Å². The minimum Gasteiger partial charge on any atom is -0.454 e. The average molecular weight is 535 g/mol. The molecule has 2 aliphatic rings. The van der Waals surface area contributed by atoms with Gasteiger partial charge in [0.1, 0.15) is 12.4 Å². The number of carbonyl (C=O) groups is 2. The Hall–Kier alpha value is -3.46. The Kier molecular flexibility index (Phi) is 6.90. The van der Waals surface area contributed by atoms with Crippen LogP contribution in [0.2, 0.25) is 0 Å². The van der Waals surface area contributed by atoms with Gasteiger partial charge in [-0.1, -0.05) is 39.0 Å². The van der Waals surface area contributed by atoms with E-state index in [4.69, 9.17) is 14.6 Å². The molecule has 0 radical (unpaired) electrons. The van der Waals surface area contributed by atoms with Crippen LogP contribution in [0.3, 0.4) is 0 Å². The largest absolute Gasteiger partial charge is 0.454 e. The number of fused-ring (bicyclic) bond motifs is 2. The van der Waals surface area contributed by atoms with Gasteiger partial charge in [0.25, 0.3) is 0 Å². The van der Waals surface area contributed by atoms with E-state index < -0.39 is 0 Å². The average Bonchev–Trinajstić information content (AvgIpc) is 3.44. The molecule has 200 valence electrons. The molecule has 3 aromatic rings. The summed E-state index contributed by atoms with van der Waals surface area (Å²) in [6, 6.07) is 13.9. The Morgan fingerprint density at radius 2 is 1.92 bits per heavy atom. The number of hydrogen-bond donors (Lipinski definition) is 1. The van der Waals surface area contributed by atoms with E-state index in [0.29, 0.717) is 17.3 Å². The summed E-state index contributed by atoms with van der Waals surface area (Å²) in [5, 5.41) is 7.88. The van der Waals surface area contributed by atoms with Crippen LogP contribution in [0, 0.1) is 6.92 Å². The Balaban J connectivity index is 1.76. The topological polar surface area (TPSA) is 85.7 Å². The van der Waals surface area contributed by atoms with Gasteiger partial charge in [-0.25, -0.2) is 4.68 Å². The van der Waals surface area contributed by atoms with Crippen molar-refractivity contribution < 1.29 is 19.1 Å². The van der Waals surface area contributed by atoms with Crippen molar-refractivity contribution in [3.05, 3.63) is 64.8 Å².